The Morgan fingerprint density at radius 1 is 1.04 bits per heavy atom. The molecule has 1 fully saturated rings. The molecule has 1 heterocycles. The van der Waals surface area contributed by atoms with Crippen LogP contribution in [-0.2, 0) is 6.61 Å². The van der Waals surface area contributed by atoms with Gasteiger partial charge in [0, 0.05) is 37.8 Å². The fourth-order valence-electron chi connectivity index (χ4n) is 3.25. The van der Waals surface area contributed by atoms with Gasteiger partial charge in [0.2, 0.25) is 0 Å². The van der Waals surface area contributed by atoms with Crippen LogP contribution in [-0.4, -0.2) is 31.1 Å². The highest BCUT2D eigenvalue weighted by Crippen LogP contribution is 2.32. The smallest absolute Gasteiger partial charge is 0.124 e. The van der Waals surface area contributed by atoms with Gasteiger partial charge in [-0.3, -0.25) is 4.90 Å². The third kappa shape index (κ3) is 4.25. The molecule has 0 radical (unpaired) electrons. The molecular weight excluding hydrogens is 296 g/mol. The molecular formula is C21H26N2O. The molecule has 3 heteroatoms. The average molecular weight is 322 g/mol. The second-order valence-corrected chi connectivity index (χ2v) is 6.14. The predicted octanol–water partition coefficient (Wildman–Crippen LogP) is 3.79. The second-order valence-electron chi connectivity index (χ2n) is 6.14. The highest BCUT2D eigenvalue weighted by atomic mass is 16.5. The van der Waals surface area contributed by atoms with Gasteiger partial charge >= 0.3 is 0 Å². The molecule has 3 nitrogen and oxygen atoms in total. The van der Waals surface area contributed by atoms with Crippen molar-refractivity contribution < 1.29 is 4.74 Å². The van der Waals surface area contributed by atoms with E-state index in [1.165, 1.54) is 11.1 Å². The molecule has 1 aliphatic heterocycles. The normalized spacial score (nSPS) is 16.5. The topological polar surface area (TPSA) is 24.5 Å². The van der Waals surface area contributed by atoms with E-state index in [1.807, 2.05) is 30.3 Å². The number of hydrogen-bond acceptors (Lipinski definition) is 3. The Labute approximate surface area is 145 Å². The first-order chi connectivity index (χ1) is 11.9. The van der Waals surface area contributed by atoms with Gasteiger partial charge in [-0.15, -0.1) is 6.58 Å². The summed E-state index contributed by atoms with van der Waals surface area (Å²) in [6.07, 6.45) is 2.95. The Morgan fingerprint density at radius 3 is 2.50 bits per heavy atom. The minimum Gasteiger partial charge on any atom is -0.489 e. The predicted molar refractivity (Wildman–Crippen MR) is 99.2 cm³/mol. The third-order valence-corrected chi connectivity index (χ3v) is 4.50. The standard InChI is InChI=1S/C21H26N2O/c1-2-8-20(23-15-13-22-14-16-23)19-11-6-7-12-21(19)24-17-18-9-4-3-5-10-18/h2-7,9-12,20,22H,1,8,13-17H2/t20-/m1/s1. The van der Waals surface area contributed by atoms with Crippen LogP contribution in [0.1, 0.15) is 23.6 Å². The number of piperazine rings is 1. The number of benzene rings is 2. The molecule has 1 saturated heterocycles. The zero-order valence-corrected chi connectivity index (χ0v) is 14.2. The lowest BCUT2D eigenvalue weighted by Crippen LogP contribution is -2.45. The summed E-state index contributed by atoms with van der Waals surface area (Å²) in [6.45, 7) is 8.77. The first-order valence-corrected chi connectivity index (χ1v) is 8.70. The average Bonchev–Trinajstić information content (AvgIpc) is 2.66. The zero-order chi connectivity index (χ0) is 16.6. The van der Waals surface area contributed by atoms with Crippen molar-refractivity contribution in [3.05, 3.63) is 78.4 Å². The molecule has 24 heavy (non-hydrogen) atoms. The summed E-state index contributed by atoms with van der Waals surface area (Å²) in [5, 5.41) is 3.43. The largest absolute Gasteiger partial charge is 0.489 e. The van der Waals surface area contributed by atoms with Crippen molar-refractivity contribution >= 4 is 0 Å². The third-order valence-electron chi connectivity index (χ3n) is 4.50. The lowest BCUT2D eigenvalue weighted by atomic mass is 10.00. The summed E-state index contributed by atoms with van der Waals surface area (Å²) in [7, 11) is 0. The maximum Gasteiger partial charge on any atom is 0.124 e. The van der Waals surface area contributed by atoms with Crippen molar-refractivity contribution in [2.75, 3.05) is 26.2 Å². The molecule has 2 aromatic rings. The van der Waals surface area contributed by atoms with Crippen molar-refractivity contribution in [3.63, 3.8) is 0 Å². The van der Waals surface area contributed by atoms with Crippen molar-refractivity contribution in [1.29, 1.82) is 0 Å². The zero-order valence-electron chi connectivity index (χ0n) is 14.2. The molecule has 0 aromatic heterocycles. The van der Waals surface area contributed by atoms with E-state index in [-0.39, 0.29) is 0 Å². The van der Waals surface area contributed by atoms with Crippen LogP contribution in [0, 0.1) is 0 Å². The van der Waals surface area contributed by atoms with Gasteiger partial charge in [-0.05, 0) is 18.1 Å². The first kappa shape index (κ1) is 16.7. The van der Waals surface area contributed by atoms with Crippen molar-refractivity contribution in [2.45, 2.75) is 19.1 Å². The van der Waals surface area contributed by atoms with Gasteiger partial charge in [-0.25, -0.2) is 0 Å². The summed E-state index contributed by atoms with van der Waals surface area (Å²) < 4.78 is 6.16. The molecule has 1 atom stereocenters. The van der Waals surface area contributed by atoms with E-state index in [4.69, 9.17) is 4.74 Å². The van der Waals surface area contributed by atoms with E-state index in [0.29, 0.717) is 12.6 Å². The molecule has 0 spiro atoms. The minimum absolute atomic E-state index is 0.330. The van der Waals surface area contributed by atoms with Gasteiger partial charge in [0.05, 0.1) is 0 Å². The van der Waals surface area contributed by atoms with Crippen LogP contribution in [0.5, 0.6) is 5.75 Å². The number of rotatable bonds is 7. The van der Waals surface area contributed by atoms with Crippen LogP contribution in [0.25, 0.3) is 0 Å². The van der Waals surface area contributed by atoms with E-state index in [2.05, 4.69) is 47.1 Å². The molecule has 0 saturated carbocycles. The first-order valence-electron chi connectivity index (χ1n) is 8.70. The summed E-state index contributed by atoms with van der Waals surface area (Å²) >= 11 is 0. The molecule has 0 amide bonds. The summed E-state index contributed by atoms with van der Waals surface area (Å²) in [5.74, 6) is 0.978. The van der Waals surface area contributed by atoms with Gasteiger partial charge < -0.3 is 10.1 Å². The van der Waals surface area contributed by atoms with Crippen LogP contribution >= 0.6 is 0 Å². The Hall–Kier alpha value is -2.10. The van der Waals surface area contributed by atoms with Crippen LogP contribution in [0.4, 0.5) is 0 Å². The molecule has 0 aliphatic carbocycles. The van der Waals surface area contributed by atoms with Gasteiger partial charge in [0.15, 0.2) is 0 Å². The van der Waals surface area contributed by atoms with Crippen molar-refractivity contribution in [3.8, 4) is 5.75 Å². The number of ether oxygens (including phenoxy) is 1. The van der Waals surface area contributed by atoms with E-state index >= 15 is 0 Å². The lowest BCUT2D eigenvalue weighted by molar-refractivity contribution is 0.169. The second kappa shape index (κ2) is 8.67. The van der Waals surface area contributed by atoms with Gasteiger partial charge in [0.1, 0.15) is 12.4 Å². The number of nitrogens with zero attached hydrogens (tertiary/aromatic N) is 1. The fraction of sp³-hybridized carbons (Fsp3) is 0.333. The van der Waals surface area contributed by atoms with Crippen molar-refractivity contribution in [2.24, 2.45) is 0 Å². The maximum atomic E-state index is 6.16. The summed E-state index contributed by atoms with van der Waals surface area (Å²) in [6, 6.07) is 19.1. The molecule has 1 aliphatic rings. The van der Waals surface area contributed by atoms with E-state index in [9.17, 15) is 0 Å². The van der Waals surface area contributed by atoms with E-state index in [1.54, 1.807) is 0 Å². The Morgan fingerprint density at radius 2 is 1.75 bits per heavy atom. The summed E-state index contributed by atoms with van der Waals surface area (Å²) in [5.41, 5.74) is 2.45. The van der Waals surface area contributed by atoms with Gasteiger partial charge in [0.25, 0.3) is 0 Å². The molecule has 1 N–H and O–H groups in total. The fourth-order valence-corrected chi connectivity index (χ4v) is 3.25. The SMILES string of the molecule is C=CC[C@H](c1ccccc1OCc1ccccc1)N1CCNCC1. The van der Waals surface area contributed by atoms with E-state index < -0.39 is 0 Å². The quantitative estimate of drug-likeness (QED) is 0.785. The van der Waals surface area contributed by atoms with Gasteiger partial charge in [-0.1, -0.05) is 54.6 Å². The number of para-hydroxylation sites is 1. The van der Waals surface area contributed by atoms with E-state index in [0.717, 1.165) is 38.3 Å². The minimum atomic E-state index is 0.330. The van der Waals surface area contributed by atoms with Crippen LogP contribution < -0.4 is 10.1 Å². The number of hydrogen-bond donors (Lipinski definition) is 1. The Kier molecular flexibility index (Phi) is 6.05. The molecule has 0 unspecified atom stereocenters. The van der Waals surface area contributed by atoms with Crippen molar-refractivity contribution in [1.82, 2.24) is 10.2 Å². The highest BCUT2D eigenvalue weighted by Gasteiger charge is 2.23. The van der Waals surface area contributed by atoms with Gasteiger partial charge in [-0.2, -0.15) is 0 Å². The Bertz CT molecular complexity index is 635. The number of nitrogens with one attached hydrogen (secondary N) is 1. The molecule has 126 valence electrons. The monoisotopic (exact) mass is 322 g/mol. The highest BCUT2D eigenvalue weighted by molar-refractivity contribution is 5.36. The molecule has 2 aromatic carbocycles. The van der Waals surface area contributed by atoms with Crippen LogP contribution in [0.15, 0.2) is 67.3 Å². The maximum absolute atomic E-state index is 6.16. The molecule has 0 bridgehead atoms. The van der Waals surface area contributed by atoms with Crippen LogP contribution in [0.3, 0.4) is 0 Å². The summed E-state index contributed by atoms with van der Waals surface area (Å²) in [4.78, 5) is 2.53. The Balaban J connectivity index is 1.78. The lowest BCUT2D eigenvalue weighted by Gasteiger charge is -2.35. The molecule has 3 rings (SSSR count). The van der Waals surface area contributed by atoms with Crippen LogP contribution in [0.2, 0.25) is 0 Å².